The van der Waals surface area contributed by atoms with Crippen LogP contribution in [0.2, 0.25) is 0 Å². The molecule has 0 aliphatic rings. The minimum Gasteiger partial charge on any atom is -0.383 e. The molecule has 0 heterocycles. The molecule has 3 rings (SSSR count). The van der Waals surface area contributed by atoms with E-state index in [1.807, 2.05) is 0 Å². The highest BCUT2D eigenvalue weighted by molar-refractivity contribution is 6.28. The fourth-order valence-electron chi connectivity index (χ4n) is 2.91. The molecule has 10 heteroatoms. The number of carbonyl (C=O) groups excluding carboxylic acids is 2. The van der Waals surface area contributed by atoms with Gasteiger partial charge < -0.3 is 16.0 Å². The van der Waals surface area contributed by atoms with Crippen LogP contribution in [0.25, 0.3) is 6.08 Å². The number of nitro groups is 1. The zero-order valence-electron chi connectivity index (χ0n) is 17.3. The van der Waals surface area contributed by atoms with Crippen LogP contribution in [-0.4, -0.2) is 23.8 Å². The van der Waals surface area contributed by atoms with E-state index in [1.165, 1.54) is 61.6 Å². The molecule has 33 heavy (non-hydrogen) atoms. The number of hydrogen-bond acceptors (Lipinski definition) is 5. The van der Waals surface area contributed by atoms with Crippen molar-refractivity contribution in [3.05, 3.63) is 99.6 Å². The van der Waals surface area contributed by atoms with E-state index >= 15 is 0 Å². The summed E-state index contributed by atoms with van der Waals surface area (Å²) in [5, 5.41) is 18.6. The summed E-state index contributed by atoms with van der Waals surface area (Å²) < 4.78 is 28.0. The van der Waals surface area contributed by atoms with E-state index in [0.29, 0.717) is 0 Å². The molecule has 168 valence electrons. The number of halogens is 2. The van der Waals surface area contributed by atoms with Crippen LogP contribution >= 0.6 is 0 Å². The van der Waals surface area contributed by atoms with Gasteiger partial charge in [-0.1, -0.05) is 30.3 Å². The molecular formula is C23H18F2N4O4. The molecule has 2 amide bonds. The molecule has 3 aromatic rings. The molecule has 0 bridgehead atoms. The molecule has 3 aromatic carbocycles. The minimum atomic E-state index is -0.991. The molecule has 0 aromatic heterocycles. The Kier molecular flexibility index (Phi) is 7.09. The fourth-order valence-corrected chi connectivity index (χ4v) is 2.91. The lowest BCUT2D eigenvalue weighted by Crippen LogP contribution is -2.26. The summed E-state index contributed by atoms with van der Waals surface area (Å²) in [5.41, 5.74) is -0.775. The van der Waals surface area contributed by atoms with Crippen molar-refractivity contribution in [3.63, 3.8) is 0 Å². The topological polar surface area (TPSA) is 113 Å². The van der Waals surface area contributed by atoms with Crippen LogP contribution in [0.3, 0.4) is 0 Å². The van der Waals surface area contributed by atoms with Gasteiger partial charge in [-0.15, -0.1) is 0 Å². The standard InChI is InChI=1S/C23H18F2N4O4/c1-26-20-11-10-14(13-21(20)29(32)33)12-15(22(30)27-18-8-4-2-6-16(18)24)23(31)28-19-9-5-3-7-17(19)25/h2-13,26H,1H3,(H,27,30)(H,28,31). The van der Waals surface area contributed by atoms with E-state index in [4.69, 9.17) is 0 Å². The summed E-state index contributed by atoms with van der Waals surface area (Å²) >= 11 is 0. The molecule has 0 unspecified atom stereocenters. The second-order valence-electron chi connectivity index (χ2n) is 6.71. The number of amides is 2. The van der Waals surface area contributed by atoms with Crippen molar-refractivity contribution < 1.29 is 23.3 Å². The van der Waals surface area contributed by atoms with Gasteiger partial charge in [0, 0.05) is 13.1 Å². The van der Waals surface area contributed by atoms with Crippen molar-refractivity contribution >= 4 is 40.6 Å². The van der Waals surface area contributed by atoms with E-state index < -0.39 is 33.9 Å². The van der Waals surface area contributed by atoms with Gasteiger partial charge in [0.05, 0.1) is 16.3 Å². The first-order valence-electron chi connectivity index (χ1n) is 9.60. The molecule has 0 radical (unpaired) electrons. The van der Waals surface area contributed by atoms with E-state index in [2.05, 4.69) is 16.0 Å². The molecule has 0 fully saturated rings. The van der Waals surface area contributed by atoms with Gasteiger partial charge in [0.2, 0.25) is 0 Å². The number of para-hydroxylation sites is 2. The third kappa shape index (κ3) is 5.56. The van der Waals surface area contributed by atoms with Crippen LogP contribution < -0.4 is 16.0 Å². The van der Waals surface area contributed by atoms with Crippen molar-refractivity contribution in [1.29, 1.82) is 0 Å². The molecule has 0 saturated carbocycles. The van der Waals surface area contributed by atoms with Gasteiger partial charge in [0.15, 0.2) is 0 Å². The molecule has 0 spiro atoms. The Morgan fingerprint density at radius 3 is 1.82 bits per heavy atom. The maximum absolute atomic E-state index is 14.0. The number of rotatable bonds is 7. The van der Waals surface area contributed by atoms with Crippen molar-refractivity contribution in [2.24, 2.45) is 0 Å². The van der Waals surface area contributed by atoms with Gasteiger partial charge in [-0.3, -0.25) is 19.7 Å². The van der Waals surface area contributed by atoms with Crippen LogP contribution in [0, 0.1) is 21.7 Å². The SMILES string of the molecule is CNc1ccc(C=C(C(=O)Nc2ccccc2F)C(=O)Nc2ccccc2F)cc1[N+](=O)[O-]. The van der Waals surface area contributed by atoms with Gasteiger partial charge in [-0.05, 0) is 42.0 Å². The first kappa shape index (κ1) is 23.1. The predicted octanol–water partition coefficient (Wildman–Crippen LogP) is 4.58. The third-order valence-electron chi connectivity index (χ3n) is 4.53. The number of benzene rings is 3. The number of hydrogen-bond donors (Lipinski definition) is 3. The average Bonchev–Trinajstić information content (AvgIpc) is 2.80. The van der Waals surface area contributed by atoms with Gasteiger partial charge in [0.1, 0.15) is 22.9 Å². The Hall–Kier alpha value is -4.60. The molecule has 0 aliphatic carbocycles. The highest BCUT2D eigenvalue weighted by Crippen LogP contribution is 2.27. The Morgan fingerprint density at radius 2 is 1.36 bits per heavy atom. The highest BCUT2D eigenvalue weighted by atomic mass is 19.1. The maximum atomic E-state index is 14.0. The Morgan fingerprint density at radius 1 is 0.848 bits per heavy atom. The van der Waals surface area contributed by atoms with Gasteiger partial charge in [-0.2, -0.15) is 0 Å². The summed E-state index contributed by atoms with van der Waals surface area (Å²) in [6.45, 7) is 0. The van der Waals surface area contributed by atoms with Crippen molar-refractivity contribution in [2.45, 2.75) is 0 Å². The Balaban J connectivity index is 2.02. The molecule has 0 saturated heterocycles. The van der Waals surface area contributed by atoms with Crippen LogP contribution in [-0.2, 0) is 9.59 Å². The molecule has 3 N–H and O–H groups in total. The smallest absolute Gasteiger partial charge is 0.292 e. The van der Waals surface area contributed by atoms with Crippen molar-refractivity contribution in [2.75, 3.05) is 23.0 Å². The first-order valence-corrected chi connectivity index (χ1v) is 9.60. The average molecular weight is 452 g/mol. The zero-order valence-corrected chi connectivity index (χ0v) is 17.3. The summed E-state index contributed by atoms with van der Waals surface area (Å²) in [5.74, 6) is -3.44. The summed E-state index contributed by atoms with van der Waals surface area (Å²) in [6.07, 6.45) is 1.10. The van der Waals surface area contributed by atoms with Gasteiger partial charge >= 0.3 is 0 Å². The molecule has 0 atom stereocenters. The van der Waals surface area contributed by atoms with E-state index in [-0.39, 0.29) is 28.3 Å². The van der Waals surface area contributed by atoms with Crippen molar-refractivity contribution in [3.8, 4) is 0 Å². The minimum absolute atomic E-state index is 0.156. The van der Waals surface area contributed by atoms with Crippen LogP contribution in [0.15, 0.2) is 72.3 Å². The van der Waals surface area contributed by atoms with Crippen LogP contribution in [0.1, 0.15) is 5.56 Å². The van der Waals surface area contributed by atoms with E-state index in [9.17, 15) is 28.5 Å². The number of nitrogens with one attached hydrogen (secondary N) is 3. The molecule has 0 aliphatic heterocycles. The monoisotopic (exact) mass is 452 g/mol. The van der Waals surface area contributed by atoms with Crippen molar-refractivity contribution in [1.82, 2.24) is 0 Å². The van der Waals surface area contributed by atoms with E-state index in [1.54, 1.807) is 0 Å². The quantitative estimate of drug-likeness (QED) is 0.160. The summed E-state index contributed by atoms with van der Waals surface area (Å²) in [7, 11) is 1.51. The lowest BCUT2D eigenvalue weighted by molar-refractivity contribution is -0.384. The molecule has 8 nitrogen and oxygen atoms in total. The van der Waals surface area contributed by atoms with Gasteiger partial charge in [0.25, 0.3) is 17.5 Å². The largest absolute Gasteiger partial charge is 0.383 e. The predicted molar refractivity (Wildman–Crippen MR) is 121 cm³/mol. The number of anilines is 3. The van der Waals surface area contributed by atoms with Gasteiger partial charge in [-0.25, -0.2) is 8.78 Å². The fraction of sp³-hybridized carbons (Fsp3) is 0.0435. The molecular weight excluding hydrogens is 434 g/mol. The first-order chi connectivity index (χ1) is 15.8. The van der Waals surface area contributed by atoms with E-state index in [0.717, 1.165) is 18.2 Å². The number of nitrogens with zero attached hydrogens (tertiary/aromatic N) is 1. The second kappa shape index (κ2) is 10.1. The third-order valence-corrected chi connectivity index (χ3v) is 4.53. The lowest BCUT2D eigenvalue weighted by atomic mass is 10.1. The summed E-state index contributed by atoms with van der Waals surface area (Å²) in [6, 6.07) is 14.7. The van der Waals surface area contributed by atoms with Crippen LogP contribution in [0.5, 0.6) is 0 Å². The number of carbonyl (C=O) groups is 2. The normalized spacial score (nSPS) is 10.2. The number of nitro benzene ring substituents is 1. The lowest BCUT2D eigenvalue weighted by Gasteiger charge is -2.11. The zero-order chi connectivity index (χ0) is 24.0. The Bertz CT molecular complexity index is 1200. The second-order valence-corrected chi connectivity index (χ2v) is 6.71. The maximum Gasteiger partial charge on any atom is 0.292 e. The summed E-state index contributed by atoms with van der Waals surface area (Å²) in [4.78, 5) is 36.5. The van der Waals surface area contributed by atoms with Crippen LogP contribution in [0.4, 0.5) is 31.5 Å². The Labute approximate surface area is 187 Å². The highest BCUT2D eigenvalue weighted by Gasteiger charge is 2.22.